The fourth-order valence-electron chi connectivity index (χ4n) is 3.28. The first-order valence-corrected chi connectivity index (χ1v) is 10.1. The molecular weight excluding hydrogens is 426 g/mol. The Kier molecular flexibility index (Phi) is 6.27. The molecule has 0 bridgehead atoms. The van der Waals surface area contributed by atoms with Gasteiger partial charge in [-0.15, -0.1) is 10.2 Å². The first kappa shape index (κ1) is 21.0. The Balaban J connectivity index is 1.29. The maximum Gasteiger partial charge on any atom is 0.260 e. The molecule has 0 aliphatic carbocycles. The molecule has 0 spiro atoms. The monoisotopic (exact) mass is 444 g/mol. The molecule has 0 unspecified atom stereocenters. The Bertz CT molecular complexity index is 1060. The molecule has 1 fully saturated rings. The van der Waals surface area contributed by atoms with E-state index in [-0.39, 0.29) is 18.3 Å². The molecule has 3 aromatic rings. The third-order valence-electron chi connectivity index (χ3n) is 4.99. The molecule has 1 amide bonds. The van der Waals surface area contributed by atoms with Gasteiger partial charge in [0.15, 0.2) is 24.0 Å². The molecule has 0 radical (unpaired) electrons. The molecule has 2 aromatic carbocycles. The number of ether oxygens (including phenoxy) is 1. The van der Waals surface area contributed by atoms with Crippen LogP contribution in [-0.4, -0.2) is 53.8 Å². The van der Waals surface area contributed by atoms with Crippen LogP contribution < -0.4 is 9.64 Å². The van der Waals surface area contributed by atoms with Crippen LogP contribution in [0.25, 0.3) is 11.3 Å². The Morgan fingerprint density at radius 2 is 1.71 bits per heavy atom. The lowest BCUT2D eigenvalue weighted by atomic mass is 10.1. The SMILES string of the molecule is O=C(COc1ccc(F)cc1F)N1CCN(c2ccc(-c3ccc(Cl)cc3)nn2)CC1. The van der Waals surface area contributed by atoms with Crippen LogP contribution in [0.15, 0.2) is 54.6 Å². The molecule has 1 aliphatic heterocycles. The largest absolute Gasteiger partial charge is 0.481 e. The van der Waals surface area contributed by atoms with E-state index in [2.05, 4.69) is 10.2 Å². The van der Waals surface area contributed by atoms with Crippen LogP contribution in [0.5, 0.6) is 5.75 Å². The molecule has 0 saturated carbocycles. The van der Waals surface area contributed by atoms with Crippen LogP contribution in [0.1, 0.15) is 0 Å². The van der Waals surface area contributed by atoms with Crippen molar-refractivity contribution in [2.45, 2.75) is 0 Å². The lowest BCUT2D eigenvalue weighted by Crippen LogP contribution is -2.50. The fourth-order valence-corrected chi connectivity index (χ4v) is 3.40. The van der Waals surface area contributed by atoms with Gasteiger partial charge in [-0.25, -0.2) is 8.78 Å². The highest BCUT2D eigenvalue weighted by atomic mass is 35.5. The van der Waals surface area contributed by atoms with Crippen LogP contribution in [0.4, 0.5) is 14.6 Å². The number of nitrogens with zero attached hydrogens (tertiary/aromatic N) is 4. The number of piperazine rings is 1. The maximum atomic E-state index is 13.6. The van der Waals surface area contributed by atoms with Gasteiger partial charge in [-0.3, -0.25) is 4.79 Å². The van der Waals surface area contributed by atoms with Crippen molar-refractivity contribution in [1.82, 2.24) is 15.1 Å². The first-order chi connectivity index (χ1) is 15.0. The highest BCUT2D eigenvalue weighted by Gasteiger charge is 2.23. The summed E-state index contributed by atoms with van der Waals surface area (Å²) in [4.78, 5) is 16.1. The number of rotatable bonds is 5. The molecule has 4 rings (SSSR count). The van der Waals surface area contributed by atoms with E-state index in [9.17, 15) is 13.6 Å². The minimum absolute atomic E-state index is 0.149. The van der Waals surface area contributed by atoms with Gasteiger partial charge >= 0.3 is 0 Å². The molecule has 160 valence electrons. The lowest BCUT2D eigenvalue weighted by Gasteiger charge is -2.35. The molecule has 1 aromatic heterocycles. The summed E-state index contributed by atoms with van der Waals surface area (Å²) in [6.07, 6.45) is 0. The number of benzene rings is 2. The van der Waals surface area contributed by atoms with Gasteiger partial charge in [0.05, 0.1) is 5.69 Å². The number of halogens is 3. The second-order valence-electron chi connectivity index (χ2n) is 7.01. The Morgan fingerprint density at radius 1 is 0.968 bits per heavy atom. The van der Waals surface area contributed by atoms with Gasteiger partial charge in [0.2, 0.25) is 0 Å². The zero-order valence-electron chi connectivity index (χ0n) is 16.5. The minimum atomic E-state index is -0.835. The topological polar surface area (TPSA) is 58.6 Å². The van der Waals surface area contributed by atoms with E-state index in [1.54, 1.807) is 17.0 Å². The Hall–Kier alpha value is -3.26. The second-order valence-corrected chi connectivity index (χ2v) is 7.45. The van der Waals surface area contributed by atoms with Gasteiger partial charge < -0.3 is 14.5 Å². The van der Waals surface area contributed by atoms with Crippen molar-refractivity contribution in [3.05, 3.63) is 71.3 Å². The standard InChI is InChI=1S/C22H19ClF2N4O2/c23-16-3-1-15(2-4-16)19-6-8-21(27-26-19)28-9-11-29(12-10-28)22(30)14-31-20-7-5-17(24)13-18(20)25/h1-8,13H,9-12,14H2. The highest BCUT2D eigenvalue weighted by molar-refractivity contribution is 6.30. The molecule has 9 heteroatoms. The van der Waals surface area contributed by atoms with E-state index in [4.69, 9.17) is 16.3 Å². The van der Waals surface area contributed by atoms with Crippen molar-refractivity contribution >= 4 is 23.3 Å². The van der Waals surface area contributed by atoms with E-state index in [1.807, 2.05) is 29.2 Å². The average molecular weight is 445 g/mol. The number of anilines is 1. The summed E-state index contributed by atoms with van der Waals surface area (Å²) in [7, 11) is 0. The van der Waals surface area contributed by atoms with E-state index < -0.39 is 11.6 Å². The summed E-state index contributed by atoms with van der Waals surface area (Å²) >= 11 is 5.91. The first-order valence-electron chi connectivity index (χ1n) is 9.70. The van der Waals surface area contributed by atoms with E-state index in [0.29, 0.717) is 31.2 Å². The maximum absolute atomic E-state index is 13.6. The normalized spacial score (nSPS) is 13.9. The average Bonchev–Trinajstić information content (AvgIpc) is 2.79. The zero-order chi connectivity index (χ0) is 21.8. The quantitative estimate of drug-likeness (QED) is 0.599. The number of carbonyl (C=O) groups is 1. The van der Waals surface area contributed by atoms with Crippen LogP contribution in [-0.2, 0) is 4.79 Å². The predicted octanol–water partition coefficient (Wildman–Crippen LogP) is 3.80. The van der Waals surface area contributed by atoms with Crippen molar-refractivity contribution in [2.24, 2.45) is 0 Å². The Labute approximate surface area is 183 Å². The summed E-state index contributed by atoms with van der Waals surface area (Å²) in [6.45, 7) is 1.83. The smallest absolute Gasteiger partial charge is 0.260 e. The third-order valence-corrected chi connectivity index (χ3v) is 5.24. The van der Waals surface area contributed by atoms with Gasteiger partial charge in [-0.05, 0) is 36.4 Å². The van der Waals surface area contributed by atoms with Crippen molar-refractivity contribution in [2.75, 3.05) is 37.7 Å². The molecule has 2 heterocycles. The van der Waals surface area contributed by atoms with Crippen molar-refractivity contribution in [3.63, 3.8) is 0 Å². The van der Waals surface area contributed by atoms with Crippen molar-refractivity contribution < 1.29 is 18.3 Å². The summed E-state index contributed by atoms with van der Waals surface area (Å²) < 4.78 is 31.8. The second kappa shape index (κ2) is 9.26. The number of hydrogen-bond acceptors (Lipinski definition) is 5. The fraction of sp³-hybridized carbons (Fsp3) is 0.227. The van der Waals surface area contributed by atoms with Gasteiger partial charge in [-0.2, -0.15) is 0 Å². The van der Waals surface area contributed by atoms with Gasteiger partial charge in [0, 0.05) is 42.8 Å². The number of hydrogen-bond donors (Lipinski definition) is 0. The number of amides is 1. The van der Waals surface area contributed by atoms with Crippen LogP contribution in [0, 0.1) is 11.6 Å². The van der Waals surface area contributed by atoms with E-state index in [1.165, 1.54) is 6.07 Å². The molecule has 0 atom stereocenters. The molecule has 31 heavy (non-hydrogen) atoms. The Morgan fingerprint density at radius 3 is 2.35 bits per heavy atom. The van der Waals surface area contributed by atoms with Crippen LogP contribution in [0.2, 0.25) is 5.02 Å². The summed E-state index contributed by atoms with van der Waals surface area (Å²) in [5, 5.41) is 9.26. The zero-order valence-corrected chi connectivity index (χ0v) is 17.2. The number of carbonyl (C=O) groups excluding carboxylic acids is 1. The predicted molar refractivity (Wildman–Crippen MR) is 113 cm³/mol. The van der Waals surface area contributed by atoms with Gasteiger partial charge in [-0.1, -0.05) is 23.7 Å². The summed E-state index contributed by atoms with van der Waals surface area (Å²) in [5.74, 6) is -1.21. The van der Waals surface area contributed by atoms with Crippen LogP contribution in [0.3, 0.4) is 0 Å². The van der Waals surface area contributed by atoms with Crippen molar-refractivity contribution in [3.8, 4) is 17.0 Å². The summed E-state index contributed by atoms with van der Waals surface area (Å²) in [5.41, 5.74) is 1.68. The molecule has 6 nitrogen and oxygen atoms in total. The minimum Gasteiger partial charge on any atom is -0.481 e. The number of aromatic nitrogens is 2. The molecule has 1 saturated heterocycles. The van der Waals surface area contributed by atoms with Crippen LogP contribution >= 0.6 is 11.6 Å². The van der Waals surface area contributed by atoms with E-state index in [0.717, 1.165) is 29.2 Å². The molecule has 0 N–H and O–H groups in total. The molecular formula is C22H19ClF2N4O2. The third kappa shape index (κ3) is 5.08. The summed E-state index contributed by atoms with van der Waals surface area (Å²) in [6, 6.07) is 14.1. The van der Waals surface area contributed by atoms with E-state index >= 15 is 0 Å². The molecule has 1 aliphatic rings. The van der Waals surface area contributed by atoms with Crippen molar-refractivity contribution in [1.29, 1.82) is 0 Å². The van der Waals surface area contributed by atoms with Gasteiger partial charge in [0.1, 0.15) is 5.82 Å². The lowest BCUT2D eigenvalue weighted by molar-refractivity contribution is -0.133. The van der Waals surface area contributed by atoms with Gasteiger partial charge in [0.25, 0.3) is 5.91 Å². The highest BCUT2D eigenvalue weighted by Crippen LogP contribution is 2.21.